The molecular formula is C72H143NO8. The molecule has 0 aromatic heterocycles. The van der Waals surface area contributed by atoms with Gasteiger partial charge in [-0.1, -0.05) is 380 Å². The van der Waals surface area contributed by atoms with Crippen LogP contribution in [0.25, 0.3) is 0 Å². The van der Waals surface area contributed by atoms with Gasteiger partial charge in [-0.05, 0) is 12.8 Å². The van der Waals surface area contributed by atoms with E-state index in [0.29, 0.717) is 12.8 Å². The molecule has 1 aliphatic heterocycles. The maximum Gasteiger partial charge on any atom is 0.220 e. The molecule has 9 heteroatoms. The van der Waals surface area contributed by atoms with E-state index in [1.807, 2.05) is 0 Å². The van der Waals surface area contributed by atoms with E-state index in [0.717, 1.165) is 38.5 Å². The highest BCUT2D eigenvalue weighted by molar-refractivity contribution is 5.76. The highest BCUT2D eigenvalue weighted by Gasteiger charge is 2.44. The Morgan fingerprint density at radius 2 is 0.617 bits per heavy atom. The summed E-state index contributed by atoms with van der Waals surface area (Å²) in [4.78, 5) is 13.2. The Balaban J connectivity index is 2.06. The van der Waals surface area contributed by atoms with Gasteiger partial charge in [0.1, 0.15) is 24.4 Å². The Hall–Kier alpha value is -0.810. The van der Waals surface area contributed by atoms with E-state index in [9.17, 15) is 30.3 Å². The number of nitrogens with one attached hydrogen (secondary N) is 1. The van der Waals surface area contributed by atoms with E-state index in [-0.39, 0.29) is 12.5 Å². The van der Waals surface area contributed by atoms with Crippen molar-refractivity contribution in [2.75, 3.05) is 13.2 Å². The van der Waals surface area contributed by atoms with Crippen molar-refractivity contribution in [3.8, 4) is 0 Å². The predicted molar refractivity (Wildman–Crippen MR) is 346 cm³/mol. The van der Waals surface area contributed by atoms with Crippen LogP contribution in [-0.4, -0.2) is 87.5 Å². The van der Waals surface area contributed by atoms with Crippen molar-refractivity contribution in [3.05, 3.63) is 0 Å². The van der Waals surface area contributed by atoms with Crippen molar-refractivity contribution in [3.63, 3.8) is 0 Å². The van der Waals surface area contributed by atoms with E-state index >= 15 is 0 Å². The molecule has 1 amide bonds. The fourth-order valence-corrected chi connectivity index (χ4v) is 12.5. The highest BCUT2D eigenvalue weighted by atomic mass is 16.7. The minimum absolute atomic E-state index is 0.130. The summed E-state index contributed by atoms with van der Waals surface area (Å²) in [7, 11) is 0. The zero-order chi connectivity index (χ0) is 58.6. The lowest BCUT2D eigenvalue weighted by atomic mass is 9.99. The van der Waals surface area contributed by atoms with Gasteiger partial charge in [-0.2, -0.15) is 0 Å². The fraction of sp³-hybridized carbons (Fsp3) is 0.986. The summed E-state index contributed by atoms with van der Waals surface area (Å²) in [5, 5.41) is 55.0. The molecule has 6 N–H and O–H groups in total. The van der Waals surface area contributed by atoms with Crippen molar-refractivity contribution >= 4 is 5.91 Å². The average Bonchev–Trinajstić information content (AvgIpc) is 3.50. The Morgan fingerprint density at radius 1 is 0.370 bits per heavy atom. The number of rotatable bonds is 66. The molecule has 1 saturated heterocycles. The van der Waals surface area contributed by atoms with Crippen LogP contribution in [0.1, 0.15) is 399 Å². The van der Waals surface area contributed by atoms with Crippen LogP contribution in [0.5, 0.6) is 0 Å². The molecule has 0 spiro atoms. The lowest BCUT2D eigenvalue weighted by molar-refractivity contribution is -0.302. The summed E-state index contributed by atoms with van der Waals surface area (Å²) in [5.74, 6) is -0.132. The summed E-state index contributed by atoms with van der Waals surface area (Å²) in [5.41, 5.74) is 0. The third kappa shape index (κ3) is 51.0. The molecule has 1 fully saturated rings. The molecule has 9 nitrogen and oxygen atoms in total. The third-order valence-electron chi connectivity index (χ3n) is 18.2. The first-order valence-corrected chi connectivity index (χ1v) is 36.7. The smallest absolute Gasteiger partial charge is 0.220 e. The molecule has 484 valence electrons. The van der Waals surface area contributed by atoms with E-state index in [2.05, 4.69) is 19.2 Å². The number of aliphatic hydroxyl groups excluding tert-OH is 5. The Morgan fingerprint density at radius 3 is 0.877 bits per heavy atom. The Bertz CT molecular complexity index is 1240. The fourth-order valence-electron chi connectivity index (χ4n) is 12.5. The number of hydrogen-bond donors (Lipinski definition) is 6. The van der Waals surface area contributed by atoms with Gasteiger partial charge in [-0.3, -0.25) is 4.79 Å². The van der Waals surface area contributed by atoms with E-state index in [1.165, 1.54) is 334 Å². The summed E-state index contributed by atoms with van der Waals surface area (Å²) in [6.45, 7) is 3.91. The topological polar surface area (TPSA) is 149 Å². The highest BCUT2D eigenvalue weighted by Crippen LogP contribution is 2.24. The third-order valence-corrected chi connectivity index (χ3v) is 18.2. The second-order valence-corrected chi connectivity index (χ2v) is 26.1. The Labute approximate surface area is 504 Å². The van der Waals surface area contributed by atoms with Crippen LogP contribution in [0.15, 0.2) is 0 Å². The van der Waals surface area contributed by atoms with Gasteiger partial charge in [0, 0.05) is 6.42 Å². The molecule has 1 heterocycles. The van der Waals surface area contributed by atoms with Crippen LogP contribution in [0.3, 0.4) is 0 Å². The summed E-state index contributed by atoms with van der Waals surface area (Å²) in [6.07, 6.45) is 71.9. The van der Waals surface area contributed by atoms with Gasteiger partial charge in [0.05, 0.1) is 25.4 Å². The maximum atomic E-state index is 13.2. The van der Waals surface area contributed by atoms with Crippen molar-refractivity contribution in [1.82, 2.24) is 5.32 Å². The summed E-state index contributed by atoms with van der Waals surface area (Å²) in [6, 6.07) is -0.715. The van der Waals surface area contributed by atoms with Crippen LogP contribution in [0.2, 0.25) is 0 Å². The normalized spacial score (nSPS) is 18.2. The molecule has 7 unspecified atom stereocenters. The molecule has 0 saturated carbocycles. The largest absolute Gasteiger partial charge is 0.394 e. The van der Waals surface area contributed by atoms with E-state index in [1.54, 1.807) is 0 Å². The Kier molecular flexibility index (Phi) is 60.1. The average molecular weight is 1150 g/mol. The monoisotopic (exact) mass is 1150 g/mol. The van der Waals surface area contributed by atoms with Crippen molar-refractivity contribution in [2.45, 2.75) is 442 Å². The summed E-state index contributed by atoms with van der Waals surface area (Å²) < 4.78 is 11.4. The zero-order valence-corrected chi connectivity index (χ0v) is 54.3. The van der Waals surface area contributed by atoms with Gasteiger partial charge < -0.3 is 40.3 Å². The van der Waals surface area contributed by atoms with Gasteiger partial charge in [0.2, 0.25) is 5.91 Å². The molecule has 0 aliphatic carbocycles. The minimum atomic E-state index is -1.55. The van der Waals surface area contributed by atoms with Crippen LogP contribution < -0.4 is 5.32 Å². The molecule has 7 atom stereocenters. The predicted octanol–water partition coefficient (Wildman–Crippen LogP) is 20.1. The minimum Gasteiger partial charge on any atom is -0.394 e. The number of carbonyl (C=O) groups excluding carboxylic acids is 1. The summed E-state index contributed by atoms with van der Waals surface area (Å²) >= 11 is 0. The first-order chi connectivity index (χ1) is 39.8. The second-order valence-electron chi connectivity index (χ2n) is 26.1. The quantitative estimate of drug-likeness (QED) is 0.0330. The molecule has 0 bridgehead atoms. The molecule has 1 aliphatic rings. The van der Waals surface area contributed by atoms with Crippen molar-refractivity contribution in [2.24, 2.45) is 0 Å². The van der Waals surface area contributed by atoms with Gasteiger partial charge in [-0.15, -0.1) is 0 Å². The zero-order valence-electron chi connectivity index (χ0n) is 54.3. The molecule has 0 radical (unpaired) electrons. The van der Waals surface area contributed by atoms with Crippen LogP contribution in [-0.2, 0) is 14.3 Å². The lowest BCUT2D eigenvalue weighted by Gasteiger charge is -2.40. The second kappa shape index (κ2) is 62.2. The van der Waals surface area contributed by atoms with Gasteiger partial charge in [0.15, 0.2) is 6.29 Å². The number of ether oxygens (including phenoxy) is 2. The maximum absolute atomic E-state index is 13.2. The van der Waals surface area contributed by atoms with Gasteiger partial charge in [0.25, 0.3) is 0 Å². The van der Waals surface area contributed by atoms with Crippen molar-refractivity contribution in [1.29, 1.82) is 0 Å². The van der Waals surface area contributed by atoms with Crippen LogP contribution in [0.4, 0.5) is 0 Å². The number of aliphatic hydroxyl groups is 5. The van der Waals surface area contributed by atoms with Crippen LogP contribution in [0, 0.1) is 0 Å². The molecule has 0 aromatic rings. The van der Waals surface area contributed by atoms with Crippen LogP contribution >= 0.6 is 0 Å². The SMILES string of the molecule is CCCCCCCCCCCCCCCCCCCCCCCCCCCCCCCCCCCCC(=O)NC(COC1OC(CO)C(O)C(O)C1O)C(O)CCCCCCCCCCCCCCCCCCCCCCCCCC. The standard InChI is InChI=1S/C72H143NO8/c1-3-5-7-9-11-13-15-17-19-21-23-25-27-29-30-31-32-33-34-35-36-37-38-40-42-44-46-48-50-52-54-56-58-60-62-68(76)73-65(64-80-72-71(79)70(78)69(77)67(63-74)81-72)66(75)61-59-57-55-53-51-49-47-45-43-41-39-28-26-24-22-20-18-16-14-12-10-8-6-4-2/h65-67,69-72,74-75,77-79H,3-64H2,1-2H3,(H,73,76). The number of hydrogen-bond acceptors (Lipinski definition) is 8. The van der Waals surface area contributed by atoms with Gasteiger partial charge >= 0.3 is 0 Å². The first-order valence-electron chi connectivity index (χ1n) is 36.7. The van der Waals surface area contributed by atoms with Gasteiger partial charge in [-0.25, -0.2) is 0 Å². The molecule has 0 aromatic carbocycles. The number of unbranched alkanes of at least 4 members (excludes halogenated alkanes) is 56. The lowest BCUT2D eigenvalue weighted by Crippen LogP contribution is -2.60. The molecule has 1 rings (SSSR count). The van der Waals surface area contributed by atoms with Crippen molar-refractivity contribution < 1.29 is 39.8 Å². The first kappa shape index (κ1) is 78.2. The van der Waals surface area contributed by atoms with E-state index in [4.69, 9.17) is 9.47 Å². The van der Waals surface area contributed by atoms with E-state index < -0.39 is 49.5 Å². The number of amides is 1. The number of carbonyl (C=O) groups is 1. The molecular weight excluding hydrogens is 1010 g/mol. The molecule has 81 heavy (non-hydrogen) atoms.